The lowest BCUT2D eigenvalue weighted by molar-refractivity contribution is -0.136. The van der Waals surface area contributed by atoms with E-state index in [9.17, 15) is 14.4 Å². The lowest BCUT2D eigenvalue weighted by atomic mass is 9.98. The number of benzene rings is 2. The summed E-state index contributed by atoms with van der Waals surface area (Å²) in [5.41, 5.74) is 2.08. The molecule has 0 spiro atoms. The number of carbonyl (C=O) groups is 3. The van der Waals surface area contributed by atoms with E-state index in [2.05, 4.69) is 5.10 Å². The maximum Gasteiger partial charge on any atom is 0.355 e. The SMILES string of the molecule is CCOC(=O)C1=NN(c2ccccc2)[C@@H]2C(=O)N(c3ccc(C)cc3)C(=O)[C@H]12. The topological polar surface area (TPSA) is 79.3 Å². The molecule has 0 aliphatic carbocycles. The van der Waals surface area contributed by atoms with Crippen LogP contribution in [0.1, 0.15) is 12.5 Å². The summed E-state index contributed by atoms with van der Waals surface area (Å²) < 4.78 is 5.08. The summed E-state index contributed by atoms with van der Waals surface area (Å²) in [6.07, 6.45) is 0. The number of hydrogen-bond donors (Lipinski definition) is 0. The van der Waals surface area contributed by atoms with Gasteiger partial charge >= 0.3 is 5.97 Å². The van der Waals surface area contributed by atoms with E-state index >= 15 is 0 Å². The van der Waals surface area contributed by atoms with Crippen molar-refractivity contribution in [2.45, 2.75) is 19.9 Å². The Morgan fingerprint density at radius 2 is 1.68 bits per heavy atom. The molecule has 28 heavy (non-hydrogen) atoms. The van der Waals surface area contributed by atoms with Crippen LogP contribution in [-0.4, -0.2) is 36.1 Å². The van der Waals surface area contributed by atoms with Crippen LogP contribution in [0.25, 0.3) is 0 Å². The normalized spacial score (nSPS) is 21.0. The summed E-state index contributed by atoms with van der Waals surface area (Å²) >= 11 is 0. The lowest BCUT2D eigenvalue weighted by Crippen LogP contribution is -2.39. The van der Waals surface area contributed by atoms with Crippen molar-refractivity contribution in [3.8, 4) is 0 Å². The van der Waals surface area contributed by atoms with E-state index in [1.54, 1.807) is 43.3 Å². The maximum absolute atomic E-state index is 13.2. The number of fused-ring (bicyclic) bond motifs is 1. The number of rotatable bonds is 4. The van der Waals surface area contributed by atoms with Crippen LogP contribution < -0.4 is 9.91 Å². The molecular formula is C21H19N3O4. The molecule has 2 aliphatic rings. The van der Waals surface area contributed by atoms with Gasteiger partial charge in [-0.1, -0.05) is 35.9 Å². The number of ether oxygens (including phenoxy) is 1. The highest BCUT2D eigenvalue weighted by Crippen LogP contribution is 2.37. The van der Waals surface area contributed by atoms with Crippen molar-refractivity contribution < 1.29 is 19.1 Å². The van der Waals surface area contributed by atoms with Crippen LogP contribution in [0.2, 0.25) is 0 Å². The Hall–Kier alpha value is -3.48. The van der Waals surface area contributed by atoms with Crippen molar-refractivity contribution >= 4 is 34.9 Å². The highest BCUT2D eigenvalue weighted by atomic mass is 16.5. The summed E-state index contributed by atoms with van der Waals surface area (Å²) in [7, 11) is 0. The smallest absolute Gasteiger partial charge is 0.355 e. The van der Waals surface area contributed by atoms with Gasteiger partial charge in [0, 0.05) is 0 Å². The number of carbonyl (C=O) groups excluding carboxylic acids is 3. The Kier molecular flexibility index (Phi) is 4.43. The average molecular weight is 377 g/mol. The van der Waals surface area contributed by atoms with E-state index in [1.165, 1.54) is 5.01 Å². The van der Waals surface area contributed by atoms with Crippen LogP contribution >= 0.6 is 0 Å². The first-order chi connectivity index (χ1) is 13.5. The molecule has 0 bridgehead atoms. The number of aryl methyl sites for hydroxylation is 1. The van der Waals surface area contributed by atoms with Gasteiger partial charge in [-0.2, -0.15) is 5.10 Å². The summed E-state index contributed by atoms with van der Waals surface area (Å²) in [5.74, 6) is -2.55. The monoisotopic (exact) mass is 377 g/mol. The molecule has 0 unspecified atom stereocenters. The molecule has 1 saturated heterocycles. The molecule has 2 heterocycles. The Bertz CT molecular complexity index is 969. The summed E-state index contributed by atoms with van der Waals surface area (Å²) in [4.78, 5) is 40.0. The highest BCUT2D eigenvalue weighted by molar-refractivity contribution is 6.47. The predicted molar refractivity (Wildman–Crippen MR) is 104 cm³/mol. The van der Waals surface area contributed by atoms with Crippen molar-refractivity contribution in [3.63, 3.8) is 0 Å². The van der Waals surface area contributed by atoms with Crippen LogP contribution in [0.5, 0.6) is 0 Å². The van der Waals surface area contributed by atoms with E-state index in [1.807, 2.05) is 25.1 Å². The third-order valence-electron chi connectivity index (χ3n) is 4.85. The van der Waals surface area contributed by atoms with Crippen molar-refractivity contribution in [2.75, 3.05) is 16.5 Å². The van der Waals surface area contributed by atoms with Gasteiger partial charge in [0.1, 0.15) is 12.0 Å². The Labute approximate surface area is 162 Å². The number of para-hydroxylation sites is 1. The predicted octanol–water partition coefficient (Wildman–Crippen LogP) is 2.29. The molecule has 7 heteroatoms. The number of nitrogens with zero attached hydrogens (tertiary/aromatic N) is 3. The average Bonchev–Trinajstić information content (AvgIpc) is 3.21. The third-order valence-corrected chi connectivity index (χ3v) is 4.85. The fourth-order valence-corrected chi connectivity index (χ4v) is 3.53. The molecule has 0 radical (unpaired) electrons. The molecule has 0 aromatic heterocycles. The van der Waals surface area contributed by atoms with Gasteiger partial charge in [-0.3, -0.25) is 14.6 Å². The van der Waals surface area contributed by atoms with Crippen LogP contribution in [0.4, 0.5) is 11.4 Å². The van der Waals surface area contributed by atoms with Crippen LogP contribution in [-0.2, 0) is 19.1 Å². The zero-order valence-corrected chi connectivity index (χ0v) is 15.5. The zero-order chi connectivity index (χ0) is 19.8. The van der Waals surface area contributed by atoms with Crippen molar-refractivity contribution in [1.29, 1.82) is 0 Å². The van der Waals surface area contributed by atoms with Crippen molar-refractivity contribution in [2.24, 2.45) is 11.0 Å². The van der Waals surface area contributed by atoms with Gasteiger partial charge in [0.05, 0.1) is 18.0 Å². The summed E-state index contributed by atoms with van der Waals surface area (Å²) in [5, 5.41) is 5.76. The molecule has 2 aromatic rings. The first kappa shape index (κ1) is 17.9. The number of hydrogen-bond acceptors (Lipinski definition) is 6. The number of esters is 1. The summed E-state index contributed by atoms with van der Waals surface area (Å²) in [6.45, 7) is 3.76. The van der Waals surface area contributed by atoms with E-state index in [4.69, 9.17) is 4.74 Å². The highest BCUT2D eigenvalue weighted by Gasteiger charge is 2.59. The molecule has 7 nitrogen and oxygen atoms in total. The van der Waals surface area contributed by atoms with Crippen LogP contribution in [0.15, 0.2) is 59.7 Å². The molecule has 2 amide bonds. The quantitative estimate of drug-likeness (QED) is 0.603. The molecule has 142 valence electrons. The molecule has 2 aliphatic heterocycles. The second kappa shape index (κ2) is 6.92. The Morgan fingerprint density at radius 3 is 2.32 bits per heavy atom. The van der Waals surface area contributed by atoms with Crippen molar-refractivity contribution in [1.82, 2.24) is 0 Å². The fraction of sp³-hybridized carbons (Fsp3) is 0.238. The molecule has 2 aromatic carbocycles. The minimum Gasteiger partial charge on any atom is -0.461 e. The third kappa shape index (κ3) is 2.76. The van der Waals surface area contributed by atoms with Crippen molar-refractivity contribution in [3.05, 3.63) is 60.2 Å². The standard InChI is InChI=1S/C21H19N3O4/c1-3-28-21(27)17-16-18(24(22-17)15-7-5-4-6-8-15)20(26)23(19(16)25)14-11-9-13(2)10-12-14/h4-12,16,18H,3H2,1-2H3/t16-,18+/m1/s1. The first-order valence-electron chi connectivity index (χ1n) is 9.07. The maximum atomic E-state index is 13.2. The minimum absolute atomic E-state index is 0.0383. The largest absolute Gasteiger partial charge is 0.461 e. The number of hydrazone groups is 1. The number of imide groups is 1. The molecule has 2 atom stereocenters. The first-order valence-corrected chi connectivity index (χ1v) is 9.07. The Morgan fingerprint density at radius 1 is 1.00 bits per heavy atom. The van der Waals surface area contributed by atoms with Gasteiger partial charge in [-0.15, -0.1) is 0 Å². The van der Waals surface area contributed by atoms with Gasteiger partial charge in [-0.05, 0) is 38.1 Å². The fourth-order valence-electron chi connectivity index (χ4n) is 3.53. The molecule has 1 fully saturated rings. The second-order valence-electron chi connectivity index (χ2n) is 6.66. The molecule has 4 rings (SSSR count). The zero-order valence-electron chi connectivity index (χ0n) is 15.5. The van der Waals surface area contributed by atoms with Gasteiger partial charge < -0.3 is 4.74 Å². The minimum atomic E-state index is -0.993. The van der Waals surface area contributed by atoms with E-state index in [-0.39, 0.29) is 12.3 Å². The molecule has 0 N–H and O–H groups in total. The van der Waals surface area contributed by atoms with Gasteiger partial charge in [-0.25, -0.2) is 9.69 Å². The number of anilines is 2. The Balaban J connectivity index is 1.78. The van der Waals surface area contributed by atoms with Crippen LogP contribution in [0.3, 0.4) is 0 Å². The van der Waals surface area contributed by atoms with E-state index < -0.39 is 29.7 Å². The van der Waals surface area contributed by atoms with Gasteiger partial charge in [0.25, 0.3) is 5.91 Å². The summed E-state index contributed by atoms with van der Waals surface area (Å²) in [6, 6.07) is 15.2. The van der Waals surface area contributed by atoms with Gasteiger partial charge in [0.15, 0.2) is 5.71 Å². The van der Waals surface area contributed by atoms with E-state index in [0.717, 1.165) is 10.5 Å². The van der Waals surface area contributed by atoms with Crippen LogP contribution in [0, 0.1) is 12.8 Å². The van der Waals surface area contributed by atoms with Gasteiger partial charge in [0.2, 0.25) is 5.91 Å². The van der Waals surface area contributed by atoms with E-state index in [0.29, 0.717) is 11.4 Å². The molecule has 0 saturated carbocycles. The molecular weight excluding hydrogens is 358 g/mol. The second-order valence-corrected chi connectivity index (χ2v) is 6.66. The lowest BCUT2D eigenvalue weighted by Gasteiger charge is -2.22. The number of amides is 2.